The molecule has 1 aromatic carbocycles. The molecule has 0 aliphatic carbocycles. The summed E-state index contributed by atoms with van der Waals surface area (Å²) < 4.78 is 14.0. The van der Waals surface area contributed by atoms with Crippen molar-refractivity contribution in [3.05, 3.63) is 57.9 Å². The Balaban J connectivity index is 1.68. The smallest absolute Gasteiger partial charge is 0.318 e. The monoisotopic (exact) mass is 433 g/mol. The van der Waals surface area contributed by atoms with E-state index in [9.17, 15) is 9.18 Å². The number of carbonyl (C=O) groups excluding carboxylic acids is 1. The van der Waals surface area contributed by atoms with Crippen LogP contribution in [0.1, 0.15) is 60.8 Å². The molecule has 0 unspecified atom stereocenters. The van der Waals surface area contributed by atoms with E-state index in [1.165, 1.54) is 12.1 Å². The van der Waals surface area contributed by atoms with Crippen LogP contribution in [0.3, 0.4) is 0 Å². The van der Waals surface area contributed by atoms with Gasteiger partial charge >= 0.3 is 6.03 Å². The van der Waals surface area contributed by atoms with Gasteiger partial charge in [0.05, 0.1) is 23.3 Å². The number of nitrogens with zero attached hydrogens (tertiary/aromatic N) is 3. The summed E-state index contributed by atoms with van der Waals surface area (Å²) >= 11 is 5.84. The molecule has 1 aromatic heterocycles. The number of benzene rings is 1. The highest BCUT2D eigenvalue weighted by molar-refractivity contribution is 6.30. The zero-order valence-electron chi connectivity index (χ0n) is 17.3. The number of unbranched alkanes of at least 4 members (excludes halogenated alkanes) is 3. The van der Waals surface area contributed by atoms with Gasteiger partial charge in [0, 0.05) is 12.7 Å². The van der Waals surface area contributed by atoms with Gasteiger partial charge in [0.15, 0.2) is 0 Å². The summed E-state index contributed by atoms with van der Waals surface area (Å²) in [6, 6.07) is 4.28. The van der Waals surface area contributed by atoms with Gasteiger partial charge in [-0.3, -0.25) is 0 Å². The second kappa shape index (κ2) is 10.7. The number of urea groups is 1. The van der Waals surface area contributed by atoms with Gasteiger partial charge in [0.25, 0.3) is 0 Å². The molecule has 2 amide bonds. The number of nitrogens with two attached hydrogens (primary N) is 1. The predicted molar refractivity (Wildman–Crippen MR) is 116 cm³/mol. The summed E-state index contributed by atoms with van der Waals surface area (Å²) in [5.74, 6) is 0.221. The average Bonchev–Trinajstić information content (AvgIpc) is 2.74. The van der Waals surface area contributed by atoms with E-state index in [1.54, 1.807) is 11.0 Å². The van der Waals surface area contributed by atoms with Crippen molar-refractivity contribution in [1.82, 2.24) is 20.2 Å². The first-order valence-electron chi connectivity index (χ1n) is 10.5. The molecule has 0 fully saturated rings. The molecular formula is C22H29ClFN5O. The van der Waals surface area contributed by atoms with Crippen molar-refractivity contribution in [2.45, 2.75) is 58.0 Å². The Morgan fingerprint density at radius 2 is 2.13 bits per heavy atom. The Morgan fingerprint density at radius 1 is 1.33 bits per heavy atom. The number of halogens is 2. The van der Waals surface area contributed by atoms with E-state index in [0.717, 1.165) is 55.3 Å². The Hall–Kier alpha value is -2.25. The Morgan fingerprint density at radius 3 is 2.90 bits per heavy atom. The van der Waals surface area contributed by atoms with Crippen LogP contribution >= 0.6 is 11.6 Å². The Labute approximate surface area is 182 Å². The molecule has 30 heavy (non-hydrogen) atoms. The van der Waals surface area contributed by atoms with Crippen LogP contribution in [0.25, 0.3) is 0 Å². The molecule has 0 radical (unpaired) electrons. The number of fused-ring (bicyclic) bond motifs is 1. The van der Waals surface area contributed by atoms with E-state index >= 15 is 0 Å². The summed E-state index contributed by atoms with van der Waals surface area (Å²) in [4.78, 5) is 23.5. The third kappa shape index (κ3) is 5.89. The van der Waals surface area contributed by atoms with Gasteiger partial charge in [0.1, 0.15) is 11.6 Å². The molecule has 3 N–H and O–H groups in total. The first kappa shape index (κ1) is 22.4. The summed E-state index contributed by atoms with van der Waals surface area (Å²) in [6.07, 6.45) is 7.27. The van der Waals surface area contributed by atoms with Gasteiger partial charge in [-0.25, -0.2) is 19.2 Å². The van der Waals surface area contributed by atoms with Crippen molar-refractivity contribution >= 4 is 17.6 Å². The lowest BCUT2D eigenvalue weighted by Crippen LogP contribution is -2.44. The van der Waals surface area contributed by atoms with Crippen LogP contribution in [0.2, 0.25) is 5.02 Å². The average molecular weight is 434 g/mol. The number of amides is 2. The SMILES string of the molecule is Cc1ncc2c(n1)CN(C(=O)N[C@H](CCCCCCN)c1ccc(Cl)c(F)c1)CC2. The van der Waals surface area contributed by atoms with Crippen LogP contribution in [0.15, 0.2) is 24.4 Å². The van der Waals surface area contributed by atoms with Gasteiger partial charge in [-0.15, -0.1) is 0 Å². The summed E-state index contributed by atoms with van der Waals surface area (Å²) in [5, 5.41) is 3.17. The molecular weight excluding hydrogens is 405 g/mol. The molecule has 2 heterocycles. The fourth-order valence-corrected chi connectivity index (χ4v) is 3.83. The van der Waals surface area contributed by atoms with E-state index in [4.69, 9.17) is 17.3 Å². The van der Waals surface area contributed by atoms with Crippen LogP contribution in [-0.2, 0) is 13.0 Å². The lowest BCUT2D eigenvalue weighted by atomic mass is 9.99. The van der Waals surface area contributed by atoms with E-state index < -0.39 is 5.82 Å². The molecule has 3 rings (SSSR count). The van der Waals surface area contributed by atoms with Crippen molar-refractivity contribution in [2.75, 3.05) is 13.1 Å². The maximum absolute atomic E-state index is 14.0. The second-order valence-corrected chi connectivity index (χ2v) is 8.14. The Kier molecular flexibility index (Phi) is 7.99. The number of aromatic nitrogens is 2. The molecule has 0 bridgehead atoms. The van der Waals surface area contributed by atoms with Crippen molar-refractivity contribution in [3.63, 3.8) is 0 Å². The molecule has 1 aliphatic rings. The van der Waals surface area contributed by atoms with Gasteiger partial charge in [-0.2, -0.15) is 0 Å². The lowest BCUT2D eigenvalue weighted by Gasteiger charge is -2.30. The molecule has 8 heteroatoms. The number of aryl methyl sites for hydroxylation is 1. The number of carbonyl (C=O) groups is 1. The summed E-state index contributed by atoms with van der Waals surface area (Å²) in [7, 11) is 0. The highest BCUT2D eigenvalue weighted by Crippen LogP contribution is 2.25. The van der Waals surface area contributed by atoms with Crippen LogP contribution in [0.4, 0.5) is 9.18 Å². The molecule has 2 aromatic rings. The third-order valence-electron chi connectivity index (χ3n) is 5.44. The van der Waals surface area contributed by atoms with Crippen LogP contribution in [0.5, 0.6) is 0 Å². The molecule has 0 saturated heterocycles. The second-order valence-electron chi connectivity index (χ2n) is 7.73. The Bertz CT molecular complexity index is 879. The van der Waals surface area contributed by atoms with Crippen molar-refractivity contribution in [1.29, 1.82) is 0 Å². The van der Waals surface area contributed by atoms with Gasteiger partial charge in [-0.1, -0.05) is 36.9 Å². The zero-order chi connectivity index (χ0) is 21.5. The van der Waals surface area contributed by atoms with E-state index in [0.29, 0.717) is 25.5 Å². The summed E-state index contributed by atoms with van der Waals surface area (Å²) in [6.45, 7) is 3.57. The first-order chi connectivity index (χ1) is 14.5. The van der Waals surface area contributed by atoms with Gasteiger partial charge < -0.3 is 16.0 Å². The number of hydrogen-bond acceptors (Lipinski definition) is 4. The van der Waals surface area contributed by atoms with Crippen molar-refractivity contribution in [3.8, 4) is 0 Å². The zero-order valence-corrected chi connectivity index (χ0v) is 18.1. The van der Waals surface area contributed by atoms with E-state index in [2.05, 4.69) is 15.3 Å². The standard InChI is InChI=1S/C22H29ClFN5O/c1-15-26-13-17-9-11-29(14-21(17)27-15)22(30)28-20(6-4-2-3-5-10-25)16-7-8-18(23)19(24)12-16/h7-8,12-13,20H,2-6,9-11,14,25H2,1H3,(H,28,30)/t20-/m1/s1. The molecule has 6 nitrogen and oxygen atoms in total. The minimum atomic E-state index is -0.476. The van der Waals surface area contributed by atoms with E-state index in [-0.39, 0.29) is 17.1 Å². The minimum Gasteiger partial charge on any atom is -0.331 e. The lowest BCUT2D eigenvalue weighted by molar-refractivity contribution is 0.186. The highest BCUT2D eigenvalue weighted by atomic mass is 35.5. The van der Waals surface area contributed by atoms with Crippen molar-refractivity contribution < 1.29 is 9.18 Å². The number of hydrogen-bond donors (Lipinski definition) is 2. The normalized spacial score (nSPS) is 14.3. The van der Waals surface area contributed by atoms with Crippen LogP contribution in [-0.4, -0.2) is 34.0 Å². The van der Waals surface area contributed by atoms with E-state index in [1.807, 2.05) is 13.1 Å². The van der Waals surface area contributed by atoms with Gasteiger partial charge in [-0.05, 0) is 56.0 Å². The van der Waals surface area contributed by atoms with Gasteiger partial charge in [0.2, 0.25) is 0 Å². The predicted octanol–water partition coefficient (Wildman–Crippen LogP) is 4.30. The quantitative estimate of drug-likeness (QED) is 0.608. The maximum atomic E-state index is 14.0. The fourth-order valence-electron chi connectivity index (χ4n) is 3.71. The molecule has 1 atom stereocenters. The topological polar surface area (TPSA) is 84.1 Å². The highest BCUT2D eigenvalue weighted by Gasteiger charge is 2.25. The molecule has 0 spiro atoms. The molecule has 0 saturated carbocycles. The largest absolute Gasteiger partial charge is 0.331 e. The minimum absolute atomic E-state index is 0.0782. The van der Waals surface area contributed by atoms with Crippen molar-refractivity contribution in [2.24, 2.45) is 5.73 Å². The number of rotatable bonds is 8. The van der Waals surface area contributed by atoms with Crippen LogP contribution < -0.4 is 11.1 Å². The number of nitrogens with one attached hydrogen (secondary N) is 1. The maximum Gasteiger partial charge on any atom is 0.318 e. The molecule has 1 aliphatic heterocycles. The first-order valence-corrected chi connectivity index (χ1v) is 10.9. The molecule has 162 valence electrons. The fraction of sp³-hybridized carbons (Fsp3) is 0.500. The third-order valence-corrected chi connectivity index (χ3v) is 5.75. The van der Waals surface area contributed by atoms with Crippen LogP contribution in [0, 0.1) is 12.7 Å². The summed E-state index contributed by atoms with van der Waals surface area (Å²) in [5.41, 5.74) is 8.25.